The van der Waals surface area contributed by atoms with E-state index in [1.807, 2.05) is 0 Å². The van der Waals surface area contributed by atoms with Crippen molar-refractivity contribution in [2.45, 2.75) is 39.0 Å². The maximum Gasteiger partial charge on any atom is 0.307 e. The van der Waals surface area contributed by atoms with Crippen molar-refractivity contribution in [1.82, 2.24) is 0 Å². The zero-order valence-electron chi connectivity index (χ0n) is 8.98. The van der Waals surface area contributed by atoms with Crippen LogP contribution < -0.4 is 0 Å². The molecule has 0 heterocycles. The highest BCUT2D eigenvalue weighted by Gasteiger charge is 2.35. The number of carboxylic acid groups (broad SMARTS) is 2. The zero-order chi connectivity index (χ0) is 11.4. The van der Waals surface area contributed by atoms with Gasteiger partial charge in [-0.3, -0.25) is 9.59 Å². The zero-order valence-corrected chi connectivity index (χ0v) is 8.98. The summed E-state index contributed by atoms with van der Waals surface area (Å²) in [6.45, 7) is 2.10. The number of hydrogen-bond donors (Lipinski definition) is 2. The van der Waals surface area contributed by atoms with Gasteiger partial charge in [-0.1, -0.05) is 19.8 Å². The average molecular weight is 214 g/mol. The summed E-state index contributed by atoms with van der Waals surface area (Å²) < 4.78 is 0. The van der Waals surface area contributed by atoms with Crippen LogP contribution in [-0.2, 0) is 9.59 Å². The molecule has 4 heteroatoms. The van der Waals surface area contributed by atoms with Crippen molar-refractivity contribution in [2.24, 2.45) is 17.8 Å². The third kappa shape index (κ3) is 3.22. The van der Waals surface area contributed by atoms with Gasteiger partial charge in [0.2, 0.25) is 0 Å². The quantitative estimate of drug-likeness (QED) is 0.733. The summed E-state index contributed by atoms with van der Waals surface area (Å²) in [5, 5.41) is 17.6. The van der Waals surface area contributed by atoms with Crippen molar-refractivity contribution in [3.63, 3.8) is 0 Å². The maximum atomic E-state index is 11.0. The number of hydrogen-bond acceptors (Lipinski definition) is 2. The topological polar surface area (TPSA) is 74.6 Å². The Labute approximate surface area is 89.3 Å². The van der Waals surface area contributed by atoms with Gasteiger partial charge in [0.15, 0.2) is 0 Å². The summed E-state index contributed by atoms with van der Waals surface area (Å²) >= 11 is 0. The molecule has 2 N–H and O–H groups in total. The molecule has 0 unspecified atom stereocenters. The van der Waals surface area contributed by atoms with E-state index in [-0.39, 0.29) is 12.3 Å². The summed E-state index contributed by atoms with van der Waals surface area (Å²) in [6.07, 6.45) is 3.61. The van der Waals surface area contributed by atoms with Gasteiger partial charge in [-0.2, -0.15) is 0 Å². The Bertz CT molecular complexity index is 249. The van der Waals surface area contributed by atoms with Crippen molar-refractivity contribution < 1.29 is 19.8 Å². The predicted molar refractivity (Wildman–Crippen MR) is 54.5 cm³/mol. The molecule has 1 fully saturated rings. The van der Waals surface area contributed by atoms with Gasteiger partial charge < -0.3 is 10.2 Å². The molecule has 3 atom stereocenters. The molecule has 0 spiro atoms. The molecule has 86 valence electrons. The Kier molecular flexibility index (Phi) is 4.12. The van der Waals surface area contributed by atoms with Crippen molar-refractivity contribution in [1.29, 1.82) is 0 Å². The molecule has 0 aliphatic heterocycles. The second-order valence-corrected chi connectivity index (χ2v) is 4.39. The first-order valence-electron chi connectivity index (χ1n) is 5.49. The van der Waals surface area contributed by atoms with Gasteiger partial charge in [0.1, 0.15) is 0 Å². The summed E-state index contributed by atoms with van der Waals surface area (Å²) in [7, 11) is 0. The molecule has 1 rings (SSSR count). The van der Waals surface area contributed by atoms with E-state index in [0.29, 0.717) is 5.92 Å². The van der Waals surface area contributed by atoms with E-state index in [4.69, 9.17) is 10.2 Å². The van der Waals surface area contributed by atoms with Crippen LogP contribution in [0.1, 0.15) is 39.0 Å². The Balaban J connectivity index is 2.57. The minimum absolute atomic E-state index is 0.0588. The first kappa shape index (κ1) is 12.0. The van der Waals surface area contributed by atoms with Gasteiger partial charge >= 0.3 is 11.9 Å². The average Bonchev–Trinajstić information content (AvgIpc) is 2.61. The molecule has 1 saturated carbocycles. The molecule has 0 aromatic heterocycles. The van der Waals surface area contributed by atoms with E-state index < -0.39 is 17.9 Å². The number of aliphatic carboxylic acids is 2. The Hall–Kier alpha value is -1.06. The summed E-state index contributed by atoms with van der Waals surface area (Å²) in [6, 6.07) is 0. The van der Waals surface area contributed by atoms with Crippen molar-refractivity contribution in [2.75, 3.05) is 0 Å². The van der Waals surface area contributed by atoms with Crippen LogP contribution in [0.2, 0.25) is 0 Å². The summed E-state index contributed by atoms with van der Waals surface area (Å²) in [4.78, 5) is 21.5. The van der Waals surface area contributed by atoms with Crippen molar-refractivity contribution in [3.05, 3.63) is 0 Å². The number of carbonyl (C=O) groups is 2. The van der Waals surface area contributed by atoms with Crippen LogP contribution >= 0.6 is 0 Å². The van der Waals surface area contributed by atoms with Crippen molar-refractivity contribution >= 4 is 11.9 Å². The third-order valence-electron chi connectivity index (χ3n) is 3.44. The highest BCUT2D eigenvalue weighted by molar-refractivity contribution is 5.78. The largest absolute Gasteiger partial charge is 0.481 e. The summed E-state index contributed by atoms with van der Waals surface area (Å²) in [5.74, 6) is -2.02. The molecular formula is C11H18O4. The lowest BCUT2D eigenvalue weighted by molar-refractivity contribution is -0.150. The molecule has 1 aliphatic carbocycles. The first-order chi connectivity index (χ1) is 7.04. The molecule has 0 bridgehead atoms. The third-order valence-corrected chi connectivity index (χ3v) is 3.44. The van der Waals surface area contributed by atoms with Gasteiger partial charge in [-0.25, -0.2) is 0 Å². The molecule has 4 nitrogen and oxygen atoms in total. The Morgan fingerprint density at radius 2 is 2.00 bits per heavy atom. The van der Waals surface area contributed by atoms with Crippen LogP contribution in [0.3, 0.4) is 0 Å². The minimum atomic E-state index is -1.01. The molecule has 0 aromatic rings. The number of carboxylic acids is 2. The lowest BCUT2D eigenvalue weighted by Crippen LogP contribution is -2.25. The molecule has 0 saturated heterocycles. The Morgan fingerprint density at radius 3 is 2.40 bits per heavy atom. The highest BCUT2D eigenvalue weighted by atomic mass is 16.4. The second kappa shape index (κ2) is 5.14. The lowest BCUT2D eigenvalue weighted by Gasteiger charge is -2.17. The summed E-state index contributed by atoms with van der Waals surface area (Å²) in [5.41, 5.74) is 0. The van der Waals surface area contributed by atoms with Crippen LogP contribution in [0.5, 0.6) is 0 Å². The smallest absolute Gasteiger partial charge is 0.307 e. The first-order valence-corrected chi connectivity index (χ1v) is 5.49. The van der Waals surface area contributed by atoms with Gasteiger partial charge in [0.05, 0.1) is 12.3 Å². The van der Waals surface area contributed by atoms with Gasteiger partial charge in [0.25, 0.3) is 0 Å². The standard InChI is InChI=1S/C11H18O4/c1-2-7-3-4-8(5-7)9(11(14)15)6-10(12)13/h7-9H,2-6H2,1H3,(H,12,13)(H,14,15)/t7-,8-,9+/m0/s1. The van der Waals surface area contributed by atoms with Crippen molar-refractivity contribution in [3.8, 4) is 0 Å². The van der Waals surface area contributed by atoms with Crippen LogP contribution in [0.25, 0.3) is 0 Å². The molecule has 0 radical (unpaired) electrons. The van der Waals surface area contributed by atoms with E-state index in [2.05, 4.69) is 6.92 Å². The van der Waals surface area contributed by atoms with E-state index >= 15 is 0 Å². The molecule has 0 amide bonds. The van der Waals surface area contributed by atoms with Crippen LogP contribution in [0, 0.1) is 17.8 Å². The number of rotatable bonds is 5. The fourth-order valence-electron chi connectivity index (χ4n) is 2.49. The Morgan fingerprint density at radius 1 is 1.33 bits per heavy atom. The SMILES string of the molecule is CC[C@H]1CC[C@H]([C@@H](CC(=O)O)C(=O)O)C1. The van der Waals surface area contributed by atoms with E-state index in [9.17, 15) is 9.59 Å². The van der Waals surface area contributed by atoms with Crippen LogP contribution in [0.4, 0.5) is 0 Å². The van der Waals surface area contributed by atoms with E-state index in [0.717, 1.165) is 25.7 Å². The predicted octanol–water partition coefficient (Wildman–Crippen LogP) is 1.99. The second-order valence-electron chi connectivity index (χ2n) is 4.39. The molecular weight excluding hydrogens is 196 g/mol. The monoisotopic (exact) mass is 214 g/mol. The normalized spacial score (nSPS) is 27.5. The van der Waals surface area contributed by atoms with Gasteiger partial charge in [0, 0.05) is 0 Å². The lowest BCUT2D eigenvalue weighted by atomic mass is 9.87. The molecule has 15 heavy (non-hydrogen) atoms. The van der Waals surface area contributed by atoms with Gasteiger partial charge in [-0.05, 0) is 24.7 Å². The van der Waals surface area contributed by atoms with Crippen LogP contribution in [-0.4, -0.2) is 22.2 Å². The van der Waals surface area contributed by atoms with E-state index in [1.54, 1.807) is 0 Å². The van der Waals surface area contributed by atoms with Crippen LogP contribution in [0.15, 0.2) is 0 Å². The van der Waals surface area contributed by atoms with Gasteiger partial charge in [-0.15, -0.1) is 0 Å². The molecule has 0 aromatic carbocycles. The fraction of sp³-hybridized carbons (Fsp3) is 0.818. The molecule has 1 aliphatic rings. The minimum Gasteiger partial charge on any atom is -0.481 e. The highest BCUT2D eigenvalue weighted by Crippen LogP contribution is 2.38. The van der Waals surface area contributed by atoms with E-state index in [1.165, 1.54) is 0 Å². The maximum absolute atomic E-state index is 11.0. The fourth-order valence-corrected chi connectivity index (χ4v) is 2.49.